The average Bonchev–Trinajstić information content (AvgIpc) is 3.31. The van der Waals surface area contributed by atoms with E-state index >= 15 is 0 Å². The van der Waals surface area contributed by atoms with Crippen LogP contribution in [0.3, 0.4) is 0 Å². The Morgan fingerprint density at radius 1 is 1.13 bits per heavy atom. The maximum absolute atomic E-state index is 12.8. The summed E-state index contributed by atoms with van der Waals surface area (Å²) in [6.45, 7) is 1.77. The van der Waals surface area contributed by atoms with Gasteiger partial charge in [0.05, 0.1) is 17.6 Å². The van der Waals surface area contributed by atoms with E-state index in [1.807, 2.05) is 54.6 Å². The summed E-state index contributed by atoms with van der Waals surface area (Å²) in [4.78, 5) is 17.4. The van der Waals surface area contributed by atoms with Gasteiger partial charge >= 0.3 is 0 Å². The fourth-order valence-corrected chi connectivity index (χ4v) is 3.99. The van der Waals surface area contributed by atoms with Crippen molar-refractivity contribution in [1.82, 2.24) is 15.6 Å². The third kappa shape index (κ3) is 5.81. The van der Waals surface area contributed by atoms with E-state index in [2.05, 4.69) is 27.8 Å². The molecule has 31 heavy (non-hydrogen) atoms. The molecule has 2 heterocycles. The van der Waals surface area contributed by atoms with Crippen molar-refractivity contribution in [2.45, 2.75) is 31.3 Å². The van der Waals surface area contributed by atoms with Gasteiger partial charge < -0.3 is 21.1 Å². The number of benzene rings is 2. The van der Waals surface area contributed by atoms with Crippen molar-refractivity contribution in [1.29, 1.82) is 0 Å². The predicted octanol–water partition coefficient (Wildman–Crippen LogP) is 2.67. The highest BCUT2D eigenvalue weighted by Crippen LogP contribution is 2.17. The summed E-state index contributed by atoms with van der Waals surface area (Å²) in [6.07, 6.45) is 2.43. The van der Waals surface area contributed by atoms with Gasteiger partial charge in [-0.1, -0.05) is 48.5 Å². The second-order valence-electron chi connectivity index (χ2n) is 8.18. The van der Waals surface area contributed by atoms with Crippen LogP contribution in [0.1, 0.15) is 18.4 Å². The lowest BCUT2D eigenvalue weighted by atomic mass is 10.0. The number of ether oxygens (including phenoxy) is 1. The molecule has 0 aliphatic carbocycles. The highest BCUT2D eigenvalue weighted by atomic mass is 16.5. The normalized spacial score (nSPS) is 19.3. The lowest BCUT2D eigenvalue weighted by Crippen LogP contribution is -2.47. The second-order valence-corrected chi connectivity index (χ2v) is 8.18. The van der Waals surface area contributed by atoms with Crippen LogP contribution in [0.5, 0.6) is 5.88 Å². The van der Waals surface area contributed by atoms with Gasteiger partial charge in [0.1, 0.15) is 6.61 Å². The molecular formula is C25H30N4O2. The van der Waals surface area contributed by atoms with E-state index < -0.39 is 0 Å². The standard InChI is InChI=1S/C25H30N4O2/c26-15-19-14-23(27-16-19)25(30)28-21(12-10-18-6-2-1-3-7-18)17-31-24-13-11-20-8-4-5-9-22(20)29-24/h1-9,11,13,19,21,23,27H,10,12,14-17,26H2,(H,28,30)/t19-,21-,23-/m1/s1. The maximum Gasteiger partial charge on any atom is 0.237 e. The number of nitrogens with zero attached hydrogens (tertiary/aromatic N) is 1. The van der Waals surface area contributed by atoms with Crippen molar-refractivity contribution in [3.8, 4) is 5.88 Å². The summed E-state index contributed by atoms with van der Waals surface area (Å²) >= 11 is 0. The first kappa shape index (κ1) is 21.3. The Morgan fingerprint density at radius 3 is 2.74 bits per heavy atom. The Morgan fingerprint density at radius 2 is 1.94 bits per heavy atom. The van der Waals surface area contributed by atoms with Crippen molar-refractivity contribution in [2.24, 2.45) is 11.7 Å². The Bertz CT molecular complexity index is 995. The Labute approximate surface area is 183 Å². The minimum atomic E-state index is -0.188. The Kier molecular flexibility index (Phi) is 7.12. The number of carbonyl (C=O) groups is 1. The first-order valence-electron chi connectivity index (χ1n) is 11.0. The molecule has 0 spiro atoms. The minimum absolute atomic E-state index is 0.0177. The van der Waals surface area contributed by atoms with Crippen LogP contribution in [0.2, 0.25) is 0 Å². The van der Waals surface area contributed by atoms with Gasteiger partial charge in [-0.15, -0.1) is 0 Å². The molecule has 1 aliphatic heterocycles. The van der Waals surface area contributed by atoms with Gasteiger partial charge in [-0.05, 0) is 56.0 Å². The van der Waals surface area contributed by atoms with Gasteiger partial charge in [0.2, 0.25) is 11.8 Å². The van der Waals surface area contributed by atoms with Crippen molar-refractivity contribution >= 4 is 16.8 Å². The zero-order valence-corrected chi connectivity index (χ0v) is 17.7. The number of carbonyl (C=O) groups excluding carboxylic acids is 1. The van der Waals surface area contributed by atoms with E-state index in [9.17, 15) is 4.79 Å². The highest BCUT2D eigenvalue weighted by molar-refractivity contribution is 5.82. The van der Waals surface area contributed by atoms with Crippen molar-refractivity contribution < 1.29 is 9.53 Å². The monoisotopic (exact) mass is 418 g/mol. The van der Waals surface area contributed by atoms with Gasteiger partial charge in [0, 0.05) is 11.5 Å². The number of nitrogens with two attached hydrogens (primary N) is 1. The third-order valence-corrected chi connectivity index (χ3v) is 5.85. The lowest BCUT2D eigenvalue weighted by molar-refractivity contribution is -0.123. The summed E-state index contributed by atoms with van der Waals surface area (Å²) in [5.41, 5.74) is 7.90. The number of nitrogens with one attached hydrogen (secondary N) is 2. The number of fused-ring (bicyclic) bond motifs is 1. The number of pyridine rings is 1. The van der Waals surface area contributed by atoms with Gasteiger partial charge in [0.25, 0.3) is 0 Å². The zero-order chi connectivity index (χ0) is 21.5. The van der Waals surface area contributed by atoms with Gasteiger partial charge in [-0.2, -0.15) is 0 Å². The Balaban J connectivity index is 1.40. The predicted molar refractivity (Wildman–Crippen MR) is 123 cm³/mol. The van der Waals surface area contributed by atoms with Crippen LogP contribution in [0.15, 0.2) is 66.7 Å². The minimum Gasteiger partial charge on any atom is -0.475 e. The zero-order valence-electron chi connectivity index (χ0n) is 17.7. The fourth-order valence-electron chi connectivity index (χ4n) is 3.99. The second kappa shape index (κ2) is 10.4. The van der Waals surface area contributed by atoms with Crippen molar-refractivity contribution in [3.05, 3.63) is 72.3 Å². The molecule has 4 rings (SSSR count). The first-order valence-corrected chi connectivity index (χ1v) is 11.0. The smallest absolute Gasteiger partial charge is 0.237 e. The van der Waals surface area contributed by atoms with Crippen molar-refractivity contribution in [2.75, 3.05) is 19.7 Å². The van der Waals surface area contributed by atoms with E-state index in [1.54, 1.807) is 0 Å². The van der Waals surface area contributed by atoms with Gasteiger partial charge in [-0.3, -0.25) is 4.79 Å². The quantitative estimate of drug-likeness (QED) is 0.497. The highest BCUT2D eigenvalue weighted by Gasteiger charge is 2.29. The molecular weight excluding hydrogens is 388 g/mol. The molecule has 3 aromatic rings. The number of hydrogen-bond acceptors (Lipinski definition) is 5. The molecule has 0 saturated carbocycles. The molecule has 1 saturated heterocycles. The number of hydrogen-bond donors (Lipinski definition) is 3. The summed E-state index contributed by atoms with van der Waals surface area (Å²) in [5.74, 6) is 0.945. The lowest BCUT2D eigenvalue weighted by Gasteiger charge is -2.21. The number of amides is 1. The number of para-hydroxylation sites is 1. The summed E-state index contributed by atoms with van der Waals surface area (Å²) < 4.78 is 6.00. The summed E-state index contributed by atoms with van der Waals surface area (Å²) in [5, 5.41) is 7.55. The van der Waals surface area contributed by atoms with Crippen LogP contribution in [0.4, 0.5) is 0 Å². The topological polar surface area (TPSA) is 89.3 Å². The van der Waals surface area contributed by atoms with E-state index in [4.69, 9.17) is 10.5 Å². The number of rotatable bonds is 9. The third-order valence-electron chi connectivity index (χ3n) is 5.85. The van der Waals surface area contributed by atoms with Gasteiger partial charge in [0.15, 0.2) is 0 Å². The van der Waals surface area contributed by atoms with Crippen LogP contribution >= 0.6 is 0 Å². The van der Waals surface area contributed by atoms with Crippen LogP contribution in [-0.2, 0) is 11.2 Å². The van der Waals surface area contributed by atoms with Crippen LogP contribution in [0, 0.1) is 5.92 Å². The van der Waals surface area contributed by atoms with Crippen LogP contribution < -0.4 is 21.1 Å². The van der Waals surface area contributed by atoms with Gasteiger partial charge in [-0.25, -0.2) is 4.98 Å². The fraction of sp³-hybridized carbons (Fsp3) is 0.360. The molecule has 1 fully saturated rings. The molecule has 3 atom stereocenters. The van der Waals surface area contributed by atoms with Crippen molar-refractivity contribution in [3.63, 3.8) is 0 Å². The molecule has 6 nitrogen and oxygen atoms in total. The molecule has 0 unspecified atom stereocenters. The summed E-state index contributed by atoms with van der Waals surface area (Å²) in [6, 6.07) is 21.8. The molecule has 162 valence electrons. The molecule has 1 aliphatic rings. The molecule has 1 aromatic heterocycles. The van der Waals surface area contributed by atoms with Crippen LogP contribution in [0.25, 0.3) is 10.9 Å². The van der Waals surface area contributed by atoms with E-state index in [0.29, 0.717) is 24.9 Å². The molecule has 6 heteroatoms. The summed E-state index contributed by atoms with van der Waals surface area (Å²) in [7, 11) is 0. The SMILES string of the molecule is NC[C@@H]1CN[C@@H](C(=O)N[C@H](CCc2ccccc2)COc2ccc3ccccc3n2)C1. The van der Waals surface area contributed by atoms with E-state index in [0.717, 1.165) is 36.7 Å². The first-order chi connectivity index (χ1) is 15.2. The average molecular weight is 419 g/mol. The number of aryl methyl sites for hydroxylation is 1. The van der Waals surface area contributed by atoms with Crippen LogP contribution in [-0.4, -0.2) is 42.7 Å². The van der Waals surface area contributed by atoms with E-state index in [1.165, 1.54) is 5.56 Å². The van der Waals surface area contributed by atoms with E-state index in [-0.39, 0.29) is 18.0 Å². The maximum atomic E-state index is 12.8. The largest absolute Gasteiger partial charge is 0.475 e. The molecule has 4 N–H and O–H groups in total. The molecule has 2 aromatic carbocycles. The molecule has 0 bridgehead atoms. The Hall–Kier alpha value is -2.96. The number of aromatic nitrogens is 1. The molecule has 0 radical (unpaired) electrons. The molecule has 1 amide bonds.